The summed E-state index contributed by atoms with van der Waals surface area (Å²) in [5.41, 5.74) is 2.42. The number of carbonyl (C=O) groups excluding carboxylic acids is 1. The van der Waals surface area contributed by atoms with Crippen LogP contribution in [0.4, 0.5) is 5.69 Å². The summed E-state index contributed by atoms with van der Waals surface area (Å²) in [6, 6.07) is 23.9. The maximum atomic E-state index is 12.6. The lowest BCUT2D eigenvalue weighted by Gasteiger charge is -2.17. The Bertz CT molecular complexity index is 1040. The fourth-order valence-electron chi connectivity index (χ4n) is 2.74. The number of carbonyl (C=O) groups is 1. The van der Waals surface area contributed by atoms with Crippen molar-refractivity contribution in [1.29, 1.82) is 5.26 Å². The lowest BCUT2D eigenvalue weighted by atomic mass is 10.1. The third kappa shape index (κ3) is 5.76. The van der Waals surface area contributed by atoms with E-state index in [1.54, 1.807) is 31.2 Å². The van der Waals surface area contributed by atoms with Crippen molar-refractivity contribution in [2.24, 2.45) is 0 Å². The number of nitrogens with zero attached hydrogens (tertiary/aromatic N) is 1. The van der Waals surface area contributed by atoms with Crippen molar-refractivity contribution < 1.29 is 14.3 Å². The highest BCUT2D eigenvalue weighted by atomic mass is 35.5. The minimum atomic E-state index is -0.730. The largest absolute Gasteiger partial charge is 0.489 e. The van der Waals surface area contributed by atoms with Gasteiger partial charge in [0.15, 0.2) is 6.10 Å². The van der Waals surface area contributed by atoms with Gasteiger partial charge in [-0.1, -0.05) is 54.1 Å². The molecule has 0 bridgehead atoms. The molecule has 0 fully saturated rings. The zero-order chi connectivity index (χ0) is 21.3. The number of nitriles is 1. The highest BCUT2D eigenvalue weighted by molar-refractivity contribution is 6.32. The average Bonchev–Trinajstić information content (AvgIpc) is 2.76. The lowest BCUT2D eigenvalue weighted by Crippen LogP contribution is -2.30. The molecule has 152 valence electrons. The smallest absolute Gasteiger partial charge is 0.265 e. The van der Waals surface area contributed by atoms with Gasteiger partial charge in [-0.2, -0.15) is 5.26 Å². The van der Waals surface area contributed by atoms with E-state index in [4.69, 9.17) is 26.3 Å². The molecule has 0 aliphatic heterocycles. The van der Waals surface area contributed by atoms with Gasteiger partial charge in [0.1, 0.15) is 18.1 Å². The average molecular weight is 421 g/mol. The number of hydrogen-bond donors (Lipinski definition) is 1. The number of rotatable bonds is 8. The molecule has 1 N–H and O–H groups in total. The van der Waals surface area contributed by atoms with Gasteiger partial charge in [-0.3, -0.25) is 4.79 Å². The topological polar surface area (TPSA) is 71.3 Å². The number of hydrogen-bond acceptors (Lipinski definition) is 4. The minimum absolute atomic E-state index is 0.286. The van der Waals surface area contributed by atoms with Crippen LogP contribution in [-0.4, -0.2) is 12.0 Å². The van der Waals surface area contributed by atoms with Crippen molar-refractivity contribution in [3.63, 3.8) is 0 Å². The molecule has 3 aromatic carbocycles. The molecule has 3 rings (SSSR count). The Morgan fingerprint density at radius 2 is 1.77 bits per heavy atom. The van der Waals surface area contributed by atoms with E-state index in [2.05, 4.69) is 11.4 Å². The molecule has 0 radical (unpaired) electrons. The summed E-state index contributed by atoms with van der Waals surface area (Å²) < 4.78 is 11.5. The second-order valence-corrected chi connectivity index (χ2v) is 7.01. The van der Waals surface area contributed by atoms with E-state index in [0.29, 0.717) is 28.6 Å². The molecule has 0 spiro atoms. The Morgan fingerprint density at radius 1 is 1.07 bits per heavy atom. The van der Waals surface area contributed by atoms with Crippen LogP contribution in [0.1, 0.15) is 18.1 Å². The predicted molar refractivity (Wildman–Crippen MR) is 117 cm³/mol. The van der Waals surface area contributed by atoms with E-state index in [0.717, 1.165) is 11.1 Å². The number of anilines is 1. The quantitative estimate of drug-likeness (QED) is 0.530. The Hall–Kier alpha value is -3.49. The van der Waals surface area contributed by atoms with Crippen molar-refractivity contribution >= 4 is 23.2 Å². The standard InChI is InChI=1S/C24H21ClN2O3/c1-17(30-23-9-5-3-7-21(23)25)24(28)27-22-8-4-2-6-19(22)16-29-20-12-10-18(11-13-20)14-15-26/h2-13,17H,14,16H2,1H3,(H,27,28). The van der Waals surface area contributed by atoms with Gasteiger partial charge in [0, 0.05) is 11.3 Å². The van der Waals surface area contributed by atoms with Crippen molar-refractivity contribution in [3.8, 4) is 17.6 Å². The summed E-state index contributed by atoms with van der Waals surface area (Å²) in [6.07, 6.45) is -0.365. The molecule has 0 aromatic heterocycles. The Balaban J connectivity index is 1.62. The third-order valence-electron chi connectivity index (χ3n) is 4.39. The summed E-state index contributed by atoms with van der Waals surface area (Å²) in [5, 5.41) is 12.1. The number of halogens is 1. The Morgan fingerprint density at radius 3 is 2.50 bits per heavy atom. The summed E-state index contributed by atoms with van der Waals surface area (Å²) in [5.74, 6) is 0.856. The van der Waals surface area contributed by atoms with Crippen LogP contribution in [0.15, 0.2) is 72.8 Å². The van der Waals surface area contributed by atoms with Crippen LogP contribution >= 0.6 is 11.6 Å². The fourth-order valence-corrected chi connectivity index (χ4v) is 2.92. The summed E-state index contributed by atoms with van der Waals surface area (Å²) in [7, 11) is 0. The molecule has 1 amide bonds. The first-order valence-electron chi connectivity index (χ1n) is 9.45. The van der Waals surface area contributed by atoms with Gasteiger partial charge in [0.05, 0.1) is 17.5 Å². The minimum Gasteiger partial charge on any atom is -0.489 e. The van der Waals surface area contributed by atoms with E-state index >= 15 is 0 Å². The van der Waals surface area contributed by atoms with Gasteiger partial charge in [0.2, 0.25) is 0 Å². The maximum Gasteiger partial charge on any atom is 0.265 e. The van der Waals surface area contributed by atoms with E-state index in [1.807, 2.05) is 48.5 Å². The van der Waals surface area contributed by atoms with Crippen molar-refractivity contribution in [3.05, 3.63) is 88.9 Å². The highest BCUT2D eigenvalue weighted by Crippen LogP contribution is 2.25. The third-order valence-corrected chi connectivity index (χ3v) is 4.70. The van der Waals surface area contributed by atoms with Gasteiger partial charge in [0.25, 0.3) is 5.91 Å². The van der Waals surface area contributed by atoms with Gasteiger partial charge in [-0.05, 0) is 42.8 Å². The molecule has 5 nitrogen and oxygen atoms in total. The van der Waals surface area contributed by atoms with Gasteiger partial charge in [-0.15, -0.1) is 0 Å². The predicted octanol–water partition coefficient (Wildman–Crippen LogP) is 5.39. The first kappa shape index (κ1) is 21.2. The molecular weight excluding hydrogens is 400 g/mol. The van der Waals surface area contributed by atoms with Crippen LogP contribution in [0.2, 0.25) is 5.02 Å². The normalized spacial score (nSPS) is 11.2. The van der Waals surface area contributed by atoms with Gasteiger partial charge >= 0.3 is 0 Å². The molecular formula is C24H21ClN2O3. The zero-order valence-corrected chi connectivity index (χ0v) is 17.2. The van der Waals surface area contributed by atoms with Crippen LogP contribution in [0.5, 0.6) is 11.5 Å². The van der Waals surface area contributed by atoms with Crippen molar-refractivity contribution in [2.75, 3.05) is 5.32 Å². The molecule has 30 heavy (non-hydrogen) atoms. The Labute approximate surface area is 180 Å². The number of para-hydroxylation sites is 2. The first-order valence-corrected chi connectivity index (χ1v) is 9.83. The molecule has 0 saturated carbocycles. The zero-order valence-electron chi connectivity index (χ0n) is 16.5. The van der Waals surface area contributed by atoms with Crippen LogP contribution in [-0.2, 0) is 17.8 Å². The molecule has 0 aliphatic carbocycles. The lowest BCUT2D eigenvalue weighted by molar-refractivity contribution is -0.122. The number of amides is 1. The van der Waals surface area contributed by atoms with Crippen molar-refractivity contribution in [1.82, 2.24) is 0 Å². The van der Waals surface area contributed by atoms with E-state index < -0.39 is 6.10 Å². The molecule has 1 unspecified atom stereocenters. The fraction of sp³-hybridized carbons (Fsp3) is 0.167. The van der Waals surface area contributed by atoms with E-state index in [-0.39, 0.29) is 12.5 Å². The van der Waals surface area contributed by atoms with Crippen LogP contribution in [0.3, 0.4) is 0 Å². The summed E-state index contributed by atoms with van der Waals surface area (Å²) in [4.78, 5) is 12.6. The second kappa shape index (κ2) is 10.3. The number of benzene rings is 3. The first-order chi connectivity index (χ1) is 14.6. The maximum absolute atomic E-state index is 12.6. The second-order valence-electron chi connectivity index (χ2n) is 6.60. The molecule has 0 heterocycles. The van der Waals surface area contributed by atoms with E-state index in [9.17, 15) is 4.79 Å². The SMILES string of the molecule is CC(Oc1ccccc1Cl)C(=O)Nc1ccccc1COc1ccc(CC#N)cc1. The van der Waals surface area contributed by atoms with Crippen molar-refractivity contribution in [2.45, 2.75) is 26.1 Å². The van der Waals surface area contributed by atoms with Gasteiger partial charge < -0.3 is 14.8 Å². The summed E-state index contributed by atoms with van der Waals surface area (Å²) >= 11 is 6.10. The van der Waals surface area contributed by atoms with Gasteiger partial charge in [-0.25, -0.2) is 0 Å². The van der Waals surface area contributed by atoms with Crippen LogP contribution in [0, 0.1) is 11.3 Å². The van der Waals surface area contributed by atoms with Crippen LogP contribution < -0.4 is 14.8 Å². The molecule has 1 atom stereocenters. The number of ether oxygens (including phenoxy) is 2. The molecule has 3 aromatic rings. The molecule has 0 aliphatic rings. The molecule has 0 saturated heterocycles. The summed E-state index contributed by atoms with van der Waals surface area (Å²) in [6.45, 7) is 1.95. The van der Waals surface area contributed by atoms with Crippen LogP contribution in [0.25, 0.3) is 0 Å². The monoisotopic (exact) mass is 420 g/mol. The Kier molecular flexibility index (Phi) is 7.31. The van der Waals surface area contributed by atoms with E-state index in [1.165, 1.54) is 0 Å². The number of nitrogens with one attached hydrogen (secondary N) is 1. The molecule has 6 heteroatoms. The highest BCUT2D eigenvalue weighted by Gasteiger charge is 2.17.